The van der Waals surface area contributed by atoms with Gasteiger partial charge in [0.05, 0.1) is 40.9 Å². The highest BCUT2D eigenvalue weighted by Gasteiger charge is 2.45. The summed E-state index contributed by atoms with van der Waals surface area (Å²) in [7, 11) is 0. The number of alkyl halides is 3. The minimum Gasteiger partial charge on any atom is -0.369 e. The Balaban J connectivity index is 1.08. The van der Waals surface area contributed by atoms with Gasteiger partial charge in [0.15, 0.2) is 5.69 Å². The van der Waals surface area contributed by atoms with E-state index in [1.54, 1.807) is 38.2 Å². The summed E-state index contributed by atoms with van der Waals surface area (Å²) in [5.41, 5.74) is -1.50. The van der Waals surface area contributed by atoms with Crippen LogP contribution in [0.2, 0.25) is 0 Å². The first kappa shape index (κ1) is 32.0. The maximum absolute atomic E-state index is 13.4. The first-order valence-corrected chi connectivity index (χ1v) is 14.7. The summed E-state index contributed by atoms with van der Waals surface area (Å²) in [4.78, 5) is 68.8. The normalized spacial score (nSPS) is 18.0. The number of piperidine rings is 1. The lowest BCUT2D eigenvalue weighted by atomic mass is 9.98. The predicted octanol–water partition coefficient (Wildman–Crippen LogP) is 3.72. The van der Waals surface area contributed by atoms with Crippen LogP contribution in [0.25, 0.3) is 4.85 Å². The fraction of sp³-hybridized carbons (Fsp3) is 0.303. The van der Waals surface area contributed by atoms with E-state index in [0.29, 0.717) is 24.3 Å². The molecule has 1 unspecified atom stereocenters. The highest BCUT2D eigenvalue weighted by Crippen LogP contribution is 2.38. The summed E-state index contributed by atoms with van der Waals surface area (Å²) in [6.45, 7) is 11.2. The average molecular weight is 658 g/mol. The van der Waals surface area contributed by atoms with Crippen molar-refractivity contribution in [2.24, 2.45) is 5.92 Å². The predicted molar refractivity (Wildman–Crippen MR) is 164 cm³/mol. The summed E-state index contributed by atoms with van der Waals surface area (Å²) in [6.07, 6.45) is -1.61. The van der Waals surface area contributed by atoms with Crippen molar-refractivity contribution in [2.75, 3.05) is 23.3 Å². The Morgan fingerprint density at radius 2 is 1.79 bits per heavy atom. The zero-order valence-electron chi connectivity index (χ0n) is 25.5. The fourth-order valence-corrected chi connectivity index (χ4v) is 5.64. The fourth-order valence-electron chi connectivity index (χ4n) is 5.64. The molecule has 1 aromatic heterocycles. The van der Waals surface area contributed by atoms with Crippen LogP contribution in [0.1, 0.15) is 58.5 Å². The van der Waals surface area contributed by atoms with E-state index in [0.717, 1.165) is 17.0 Å². The van der Waals surface area contributed by atoms with Crippen LogP contribution in [0, 0.1) is 24.3 Å². The standard InChI is InChI=1S/C33H26F3N7O5/c1-32(2,31(48)39-20-6-9-25(37-3)24(12-20)33(34,35)36)42-17-18(14-38-42)4-5-19-15-41(16-19)21-7-8-22-23(13-21)30(47)43(29(22)46)26-10-11-27(44)40-28(26)45/h6-9,12-14,17,19,26H,10-11,15-16H2,1-2H3,(H,39,48)(H,40,44,45). The number of amides is 5. The molecule has 5 amide bonds. The molecule has 2 N–H and O–H groups in total. The first-order valence-electron chi connectivity index (χ1n) is 14.7. The highest BCUT2D eigenvalue weighted by atomic mass is 19.4. The number of nitrogens with one attached hydrogen (secondary N) is 2. The quantitative estimate of drug-likeness (QED) is 0.243. The third-order valence-corrected chi connectivity index (χ3v) is 8.48. The molecule has 0 saturated carbocycles. The minimum atomic E-state index is -4.76. The van der Waals surface area contributed by atoms with E-state index >= 15 is 0 Å². The van der Waals surface area contributed by atoms with E-state index in [1.165, 1.54) is 16.9 Å². The molecule has 244 valence electrons. The van der Waals surface area contributed by atoms with E-state index in [2.05, 4.69) is 32.4 Å². The number of hydrogen-bond donors (Lipinski definition) is 2. The van der Waals surface area contributed by atoms with Gasteiger partial charge in [-0.15, -0.1) is 0 Å². The third-order valence-electron chi connectivity index (χ3n) is 8.48. The summed E-state index contributed by atoms with van der Waals surface area (Å²) in [5.74, 6) is 3.25. The zero-order valence-corrected chi connectivity index (χ0v) is 25.5. The van der Waals surface area contributed by atoms with Crippen LogP contribution in [0.15, 0.2) is 48.8 Å². The van der Waals surface area contributed by atoms with Crippen molar-refractivity contribution in [3.8, 4) is 11.8 Å². The van der Waals surface area contributed by atoms with Crippen molar-refractivity contribution >= 4 is 46.6 Å². The van der Waals surface area contributed by atoms with Gasteiger partial charge in [0.1, 0.15) is 11.6 Å². The van der Waals surface area contributed by atoms with Gasteiger partial charge in [0.2, 0.25) is 11.8 Å². The highest BCUT2D eigenvalue weighted by molar-refractivity contribution is 6.23. The van der Waals surface area contributed by atoms with Gasteiger partial charge in [-0.3, -0.25) is 38.9 Å². The molecule has 3 aliphatic rings. The summed E-state index contributed by atoms with van der Waals surface area (Å²) >= 11 is 0. The Bertz CT molecular complexity index is 2010. The van der Waals surface area contributed by atoms with Crippen LogP contribution >= 0.6 is 0 Å². The molecule has 3 aliphatic heterocycles. The summed E-state index contributed by atoms with van der Waals surface area (Å²) < 4.78 is 41.4. The second kappa shape index (κ2) is 11.7. The van der Waals surface area contributed by atoms with Crippen LogP contribution in [0.5, 0.6) is 0 Å². The molecule has 2 saturated heterocycles. The molecular formula is C33H26F3N7O5. The van der Waals surface area contributed by atoms with Crippen molar-refractivity contribution in [3.63, 3.8) is 0 Å². The molecular weight excluding hydrogens is 631 g/mol. The van der Waals surface area contributed by atoms with Gasteiger partial charge in [-0.05, 0) is 50.6 Å². The summed E-state index contributed by atoms with van der Waals surface area (Å²) in [6, 6.07) is 6.81. The van der Waals surface area contributed by atoms with Gasteiger partial charge < -0.3 is 10.2 Å². The lowest BCUT2D eigenvalue weighted by Gasteiger charge is -2.38. The molecule has 2 fully saturated rings. The van der Waals surface area contributed by atoms with E-state index in [1.807, 2.05) is 4.90 Å². The van der Waals surface area contributed by atoms with Gasteiger partial charge in [-0.1, -0.05) is 17.9 Å². The Kier molecular flexibility index (Phi) is 7.79. The summed E-state index contributed by atoms with van der Waals surface area (Å²) in [5, 5.41) is 8.88. The van der Waals surface area contributed by atoms with Crippen LogP contribution in [-0.2, 0) is 26.1 Å². The maximum Gasteiger partial charge on any atom is 0.407 e. The lowest BCUT2D eigenvalue weighted by Crippen LogP contribution is -2.54. The van der Waals surface area contributed by atoms with Crippen molar-refractivity contribution < 1.29 is 37.1 Å². The lowest BCUT2D eigenvalue weighted by molar-refractivity contribution is -0.137. The van der Waals surface area contributed by atoms with E-state index in [-0.39, 0.29) is 35.6 Å². The van der Waals surface area contributed by atoms with Gasteiger partial charge >= 0.3 is 6.18 Å². The number of fused-ring (bicyclic) bond motifs is 1. The average Bonchev–Trinajstić information content (AvgIpc) is 3.59. The SMILES string of the molecule is [C-]#[N+]c1ccc(NC(=O)C(C)(C)n2cc(C#CC3CN(c4ccc5c(c4)C(=O)N(C4CCC(=O)NC4=O)C5=O)C3)cn2)cc1C(F)(F)F. The first-order chi connectivity index (χ1) is 22.7. The second-order valence-corrected chi connectivity index (χ2v) is 12.1. The molecule has 6 rings (SSSR count). The van der Waals surface area contributed by atoms with E-state index < -0.39 is 58.5 Å². The van der Waals surface area contributed by atoms with E-state index in [9.17, 15) is 37.1 Å². The number of carbonyl (C=O) groups is 5. The molecule has 2 aromatic carbocycles. The monoisotopic (exact) mass is 657 g/mol. The Morgan fingerprint density at radius 3 is 2.48 bits per heavy atom. The zero-order chi connectivity index (χ0) is 34.5. The smallest absolute Gasteiger partial charge is 0.369 e. The van der Waals surface area contributed by atoms with Crippen molar-refractivity contribution in [1.82, 2.24) is 20.0 Å². The number of nitrogens with zero attached hydrogens (tertiary/aromatic N) is 5. The molecule has 3 aromatic rings. The van der Waals surface area contributed by atoms with Crippen molar-refractivity contribution in [1.29, 1.82) is 0 Å². The molecule has 0 spiro atoms. The second-order valence-electron chi connectivity index (χ2n) is 12.1. The molecule has 0 radical (unpaired) electrons. The van der Waals surface area contributed by atoms with Gasteiger partial charge in [-0.2, -0.15) is 18.3 Å². The molecule has 12 nitrogen and oxygen atoms in total. The van der Waals surface area contributed by atoms with Crippen LogP contribution < -0.4 is 15.5 Å². The Morgan fingerprint density at radius 1 is 1.06 bits per heavy atom. The van der Waals surface area contributed by atoms with Crippen LogP contribution in [0.4, 0.5) is 30.2 Å². The van der Waals surface area contributed by atoms with Gasteiger partial charge in [-0.25, -0.2) is 4.85 Å². The van der Waals surface area contributed by atoms with E-state index in [4.69, 9.17) is 6.57 Å². The number of imide groups is 2. The molecule has 4 heterocycles. The maximum atomic E-state index is 13.4. The number of benzene rings is 2. The number of rotatable bonds is 5. The molecule has 0 aliphatic carbocycles. The van der Waals surface area contributed by atoms with Crippen molar-refractivity contribution in [2.45, 2.75) is 44.4 Å². The molecule has 15 heteroatoms. The molecule has 48 heavy (non-hydrogen) atoms. The number of hydrogen-bond acceptors (Lipinski definition) is 7. The topological polar surface area (TPSA) is 138 Å². The number of aromatic nitrogens is 2. The van der Waals surface area contributed by atoms with Crippen LogP contribution in [0.3, 0.4) is 0 Å². The molecule has 1 atom stereocenters. The Labute approximate surface area is 271 Å². The number of halogens is 3. The number of carbonyl (C=O) groups excluding carboxylic acids is 5. The van der Waals surface area contributed by atoms with Gasteiger partial charge in [0, 0.05) is 37.1 Å². The Hall–Kier alpha value is -5.96. The number of anilines is 2. The van der Waals surface area contributed by atoms with Gasteiger partial charge in [0.25, 0.3) is 17.7 Å². The largest absolute Gasteiger partial charge is 0.407 e. The molecule has 0 bridgehead atoms. The van der Waals surface area contributed by atoms with Crippen molar-refractivity contribution in [3.05, 3.63) is 82.5 Å². The third kappa shape index (κ3) is 5.75. The van der Waals surface area contributed by atoms with Crippen LogP contribution in [-0.4, -0.2) is 63.3 Å². The minimum absolute atomic E-state index is 0.0310.